The second kappa shape index (κ2) is 9.65. The van der Waals surface area contributed by atoms with E-state index in [1.165, 1.54) is 11.8 Å². The second-order valence-corrected chi connectivity index (χ2v) is 9.31. The molecular formula is C24H20IN3O2S. The van der Waals surface area contributed by atoms with E-state index in [0.29, 0.717) is 22.5 Å². The molecule has 1 N–H and O–H groups in total. The van der Waals surface area contributed by atoms with Crippen molar-refractivity contribution in [3.63, 3.8) is 0 Å². The Morgan fingerprint density at radius 3 is 2.42 bits per heavy atom. The summed E-state index contributed by atoms with van der Waals surface area (Å²) < 4.78 is 2.69. The van der Waals surface area contributed by atoms with Crippen molar-refractivity contribution in [2.45, 2.75) is 23.8 Å². The van der Waals surface area contributed by atoms with Crippen LogP contribution in [0.25, 0.3) is 16.6 Å². The first-order chi connectivity index (χ1) is 15.1. The number of halogens is 1. The van der Waals surface area contributed by atoms with Gasteiger partial charge in [0.05, 0.1) is 21.8 Å². The lowest BCUT2D eigenvalue weighted by Crippen LogP contribution is -2.27. The zero-order valence-corrected chi connectivity index (χ0v) is 19.8. The summed E-state index contributed by atoms with van der Waals surface area (Å²) in [5.41, 5.74) is 1.94. The number of fused-ring (bicyclic) bond motifs is 1. The van der Waals surface area contributed by atoms with E-state index in [1.54, 1.807) is 10.6 Å². The third kappa shape index (κ3) is 4.83. The number of carbonyl (C=O) groups is 1. The quantitative estimate of drug-likeness (QED) is 0.199. The van der Waals surface area contributed by atoms with Crippen LogP contribution in [0.2, 0.25) is 0 Å². The highest BCUT2D eigenvalue weighted by Gasteiger charge is 2.22. The van der Waals surface area contributed by atoms with Crippen LogP contribution >= 0.6 is 34.4 Å². The minimum atomic E-state index is -0.401. The zero-order valence-electron chi connectivity index (χ0n) is 16.8. The van der Waals surface area contributed by atoms with Crippen LogP contribution in [-0.4, -0.2) is 20.7 Å². The van der Waals surface area contributed by atoms with E-state index in [-0.39, 0.29) is 11.5 Å². The summed E-state index contributed by atoms with van der Waals surface area (Å²) in [5.74, 6) is -0.115. The number of benzene rings is 3. The molecule has 1 amide bonds. The van der Waals surface area contributed by atoms with Gasteiger partial charge in [0.2, 0.25) is 5.91 Å². The first kappa shape index (κ1) is 21.6. The third-order valence-electron chi connectivity index (χ3n) is 4.78. The maximum absolute atomic E-state index is 13.3. The van der Waals surface area contributed by atoms with Crippen LogP contribution in [0.4, 0.5) is 5.69 Å². The Hall–Kier alpha value is -2.65. The lowest BCUT2D eigenvalue weighted by Gasteiger charge is -2.18. The molecule has 3 aromatic carbocycles. The lowest BCUT2D eigenvalue weighted by molar-refractivity contribution is -0.115. The highest BCUT2D eigenvalue weighted by Crippen LogP contribution is 2.28. The van der Waals surface area contributed by atoms with Gasteiger partial charge in [-0.2, -0.15) is 0 Å². The molecule has 1 heterocycles. The molecule has 1 atom stereocenters. The topological polar surface area (TPSA) is 64.0 Å². The maximum Gasteiger partial charge on any atom is 0.266 e. The fourth-order valence-electron chi connectivity index (χ4n) is 3.20. The Kier molecular flexibility index (Phi) is 6.72. The molecule has 0 fully saturated rings. The van der Waals surface area contributed by atoms with Crippen molar-refractivity contribution in [1.29, 1.82) is 0 Å². The van der Waals surface area contributed by atoms with Crippen LogP contribution in [-0.2, 0) is 4.79 Å². The van der Waals surface area contributed by atoms with Gasteiger partial charge in [0.15, 0.2) is 5.16 Å². The number of para-hydroxylation sites is 2. The van der Waals surface area contributed by atoms with Gasteiger partial charge in [-0.25, -0.2) is 4.98 Å². The van der Waals surface area contributed by atoms with E-state index in [0.717, 1.165) is 14.9 Å². The first-order valence-electron chi connectivity index (χ1n) is 9.87. The normalized spacial score (nSPS) is 11.9. The molecule has 5 nitrogen and oxygen atoms in total. The molecule has 4 aromatic rings. The van der Waals surface area contributed by atoms with E-state index in [2.05, 4.69) is 27.9 Å². The molecule has 0 aliphatic carbocycles. The maximum atomic E-state index is 13.3. The van der Waals surface area contributed by atoms with Crippen LogP contribution in [0.5, 0.6) is 0 Å². The van der Waals surface area contributed by atoms with Gasteiger partial charge in [-0.3, -0.25) is 14.2 Å². The van der Waals surface area contributed by atoms with Gasteiger partial charge in [-0.1, -0.05) is 49.0 Å². The third-order valence-corrected chi connectivity index (χ3v) is 6.82. The predicted molar refractivity (Wildman–Crippen MR) is 135 cm³/mol. The number of thioether (sulfide) groups is 1. The molecule has 31 heavy (non-hydrogen) atoms. The zero-order chi connectivity index (χ0) is 21.8. The predicted octanol–water partition coefficient (Wildman–Crippen LogP) is 5.50. The number of anilines is 1. The Bertz CT molecular complexity index is 1270. The Labute approximate surface area is 198 Å². The van der Waals surface area contributed by atoms with Gasteiger partial charge in [0.25, 0.3) is 5.56 Å². The van der Waals surface area contributed by atoms with Crippen LogP contribution in [0.3, 0.4) is 0 Å². The minimum Gasteiger partial charge on any atom is -0.325 e. The summed E-state index contributed by atoms with van der Waals surface area (Å²) in [6.07, 6.45) is 0.596. The molecule has 1 aromatic heterocycles. The second-order valence-electron chi connectivity index (χ2n) is 6.90. The number of hydrogen-bond donors (Lipinski definition) is 1. The van der Waals surface area contributed by atoms with Crippen molar-refractivity contribution in [3.05, 3.63) is 92.8 Å². The summed E-state index contributed by atoms with van der Waals surface area (Å²) >= 11 is 3.54. The highest BCUT2D eigenvalue weighted by molar-refractivity contribution is 14.1. The van der Waals surface area contributed by atoms with E-state index in [1.807, 2.05) is 79.7 Å². The highest BCUT2D eigenvalue weighted by atomic mass is 127. The molecule has 0 saturated carbocycles. The van der Waals surface area contributed by atoms with E-state index >= 15 is 0 Å². The fraction of sp³-hybridized carbons (Fsp3) is 0.125. The number of hydrogen-bond acceptors (Lipinski definition) is 4. The van der Waals surface area contributed by atoms with Crippen molar-refractivity contribution in [2.75, 3.05) is 5.32 Å². The van der Waals surface area contributed by atoms with Crippen molar-refractivity contribution in [2.24, 2.45) is 0 Å². The van der Waals surface area contributed by atoms with Crippen molar-refractivity contribution in [3.8, 4) is 5.69 Å². The molecule has 0 radical (unpaired) electrons. The van der Waals surface area contributed by atoms with Gasteiger partial charge in [-0.05, 0) is 77.5 Å². The molecule has 0 saturated heterocycles. The number of aromatic nitrogens is 2. The average Bonchev–Trinajstić information content (AvgIpc) is 2.79. The largest absolute Gasteiger partial charge is 0.325 e. The first-order valence-corrected chi connectivity index (χ1v) is 11.8. The molecule has 0 aliphatic rings. The van der Waals surface area contributed by atoms with E-state index < -0.39 is 5.25 Å². The summed E-state index contributed by atoms with van der Waals surface area (Å²) in [6, 6.07) is 24.3. The van der Waals surface area contributed by atoms with E-state index in [9.17, 15) is 9.59 Å². The SMILES string of the molecule is CCC(Sc1nc2ccccc2c(=O)n1-c1ccccc1)C(=O)Nc1ccc(I)cc1. The van der Waals surface area contributed by atoms with Crippen molar-refractivity contribution in [1.82, 2.24) is 9.55 Å². The number of amides is 1. The number of carbonyl (C=O) groups excluding carboxylic acids is 1. The molecular weight excluding hydrogens is 521 g/mol. The molecule has 0 spiro atoms. The van der Waals surface area contributed by atoms with Crippen molar-refractivity contribution >= 4 is 56.9 Å². The monoisotopic (exact) mass is 541 g/mol. The Balaban J connectivity index is 1.72. The molecule has 1 unspecified atom stereocenters. The van der Waals surface area contributed by atoms with Crippen LogP contribution < -0.4 is 10.9 Å². The molecule has 7 heteroatoms. The van der Waals surface area contributed by atoms with Gasteiger partial charge >= 0.3 is 0 Å². The fourth-order valence-corrected chi connectivity index (χ4v) is 4.59. The van der Waals surface area contributed by atoms with Gasteiger partial charge in [0, 0.05) is 9.26 Å². The number of rotatable bonds is 6. The Morgan fingerprint density at radius 2 is 1.71 bits per heavy atom. The summed E-state index contributed by atoms with van der Waals surface area (Å²) in [7, 11) is 0. The molecule has 0 bridgehead atoms. The van der Waals surface area contributed by atoms with Crippen LogP contribution in [0.1, 0.15) is 13.3 Å². The standard InChI is InChI=1S/C24H20IN3O2S/c1-2-21(22(29)26-17-14-12-16(25)13-15-17)31-24-27-20-11-7-6-10-19(20)23(30)28(24)18-8-4-3-5-9-18/h3-15,21H,2H2,1H3,(H,26,29). The van der Waals surface area contributed by atoms with Gasteiger partial charge in [0.1, 0.15) is 0 Å². The van der Waals surface area contributed by atoms with Gasteiger partial charge in [-0.15, -0.1) is 0 Å². The van der Waals surface area contributed by atoms with Crippen LogP contribution in [0, 0.1) is 3.57 Å². The molecule has 0 aliphatic heterocycles. The minimum absolute atomic E-state index is 0.115. The van der Waals surface area contributed by atoms with Crippen LogP contribution in [0.15, 0.2) is 88.8 Å². The summed E-state index contributed by atoms with van der Waals surface area (Å²) in [6.45, 7) is 1.96. The number of nitrogens with zero attached hydrogens (tertiary/aromatic N) is 2. The molecule has 156 valence electrons. The van der Waals surface area contributed by atoms with Crippen molar-refractivity contribution < 1.29 is 4.79 Å². The molecule has 4 rings (SSSR count). The summed E-state index contributed by atoms with van der Waals surface area (Å²) in [5, 5.41) is 3.62. The van der Waals surface area contributed by atoms with E-state index in [4.69, 9.17) is 4.98 Å². The Morgan fingerprint density at radius 1 is 1.03 bits per heavy atom. The smallest absolute Gasteiger partial charge is 0.266 e. The lowest BCUT2D eigenvalue weighted by atomic mass is 10.2. The number of nitrogens with one attached hydrogen (secondary N) is 1. The average molecular weight is 541 g/mol. The van der Waals surface area contributed by atoms with Gasteiger partial charge < -0.3 is 5.32 Å². The summed E-state index contributed by atoms with van der Waals surface area (Å²) in [4.78, 5) is 31.0.